The predicted molar refractivity (Wildman–Crippen MR) is 80.6 cm³/mol. The number of hydrogen-bond acceptors (Lipinski definition) is 3. The molecule has 2 rings (SSSR count). The first-order valence-electron chi connectivity index (χ1n) is 7.55. The first kappa shape index (κ1) is 14.4. The van der Waals surface area contributed by atoms with Crippen LogP contribution in [0.15, 0.2) is 24.3 Å². The lowest BCUT2D eigenvalue weighted by Gasteiger charge is -2.26. The van der Waals surface area contributed by atoms with E-state index in [4.69, 9.17) is 5.11 Å². The third kappa shape index (κ3) is 3.71. The zero-order valence-corrected chi connectivity index (χ0v) is 11.9. The third-order valence-corrected chi connectivity index (χ3v) is 3.86. The van der Waals surface area contributed by atoms with Gasteiger partial charge in [-0.15, -0.1) is 0 Å². The largest absolute Gasteiger partial charge is 0.396 e. The smallest absolute Gasteiger partial charge is 0.0431 e. The van der Waals surface area contributed by atoms with Crippen molar-refractivity contribution in [2.24, 2.45) is 0 Å². The van der Waals surface area contributed by atoms with Gasteiger partial charge in [0.1, 0.15) is 0 Å². The minimum absolute atomic E-state index is 0.301. The van der Waals surface area contributed by atoms with Gasteiger partial charge in [-0.2, -0.15) is 0 Å². The number of aliphatic hydroxyl groups is 1. The van der Waals surface area contributed by atoms with Crippen molar-refractivity contribution < 1.29 is 5.11 Å². The Bertz CT molecular complexity index is 381. The average Bonchev–Trinajstić information content (AvgIpc) is 2.61. The normalized spacial score (nSPS) is 19.1. The number of rotatable bonds is 6. The lowest BCUT2D eigenvalue weighted by molar-refractivity contribution is 0.285. The fraction of sp³-hybridized carbons (Fsp3) is 0.625. The number of nitrogens with one attached hydrogen (secondary N) is 1. The fourth-order valence-corrected chi connectivity index (χ4v) is 2.94. The lowest BCUT2D eigenvalue weighted by atomic mass is 10.0. The van der Waals surface area contributed by atoms with Crippen molar-refractivity contribution in [2.45, 2.75) is 38.6 Å². The number of unbranched alkanes of at least 4 members (excludes halogenated alkanes) is 1. The van der Waals surface area contributed by atoms with Crippen LogP contribution in [0.25, 0.3) is 0 Å². The third-order valence-electron chi connectivity index (χ3n) is 3.86. The molecule has 0 spiro atoms. The van der Waals surface area contributed by atoms with E-state index < -0.39 is 0 Å². The van der Waals surface area contributed by atoms with E-state index >= 15 is 0 Å². The Morgan fingerprint density at radius 1 is 1.32 bits per heavy atom. The van der Waals surface area contributed by atoms with Crippen LogP contribution in [0.2, 0.25) is 0 Å². The summed E-state index contributed by atoms with van der Waals surface area (Å²) in [7, 11) is 0. The van der Waals surface area contributed by atoms with Gasteiger partial charge in [-0.25, -0.2) is 0 Å². The molecule has 0 saturated carbocycles. The molecule has 0 bridgehead atoms. The molecule has 3 heteroatoms. The second-order valence-electron chi connectivity index (χ2n) is 5.23. The quantitative estimate of drug-likeness (QED) is 0.774. The van der Waals surface area contributed by atoms with E-state index in [1.165, 1.54) is 24.1 Å². The number of anilines is 1. The van der Waals surface area contributed by atoms with Gasteiger partial charge >= 0.3 is 0 Å². The molecule has 0 radical (unpaired) electrons. The number of para-hydroxylation sites is 1. The molecule has 2 N–H and O–H groups in total. The molecule has 1 aromatic rings. The van der Waals surface area contributed by atoms with Gasteiger partial charge in [0.15, 0.2) is 0 Å². The number of nitrogens with zero attached hydrogens (tertiary/aromatic N) is 1. The highest BCUT2D eigenvalue weighted by atomic mass is 16.2. The van der Waals surface area contributed by atoms with Gasteiger partial charge in [0.25, 0.3) is 0 Å². The van der Waals surface area contributed by atoms with E-state index in [1.807, 2.05) is 0 Å². The molecule has 106 valence electrons. The zero-order chi connectivity index (χ0) is 13.5. The molecule has 1 unspecified atom stereocenters. The molecule has 0 aromatic heterocycles. The van der Waals surface area contributed by atoms with Crippen molar-refractivity contribution in [2.75, 3.05) is 31.1 Å². The highest BCUT2D eigenvalue weighted by Gasteiger charge is 2.21. The van der Waals surface area contributed by atoms with E-state index in [0.717, 1.165) is 32.5 Å². The minimum atomic E-state index is 0.301. The van der Waals surface area contributed by atoms with E-state index in [9.17, 15) is 0 Å². The summed E-state index contributed by atoms with van der Waals surface area (Å²) >= 11 is 0. The second-order valence-corrected chi connectivity index (χ2v) is 5.23. The van der Waals surface area contributed by atoms with E-state index in [-0.39, 0.29) is 0 Å². The van der Waals surface area contributed by atoms with E-state index in [1.54, 1.807) is 0 Å². The van der Waals surface area contributed by atoms with Gasteiger partial charge in [0, 0.05) is 31.4 Å². The van der Waals surface area contributed by atoms with Crippen molar-refractivity contribution in [3.63, 3.8) is 0 Å². The summed E-state index contributed by atoms with van der Waals surface area (Å²) in [5, 5.41) is 12.5. The van der Waals surface area contributed by atoms with Crippen LogP contribution in [0.4, 0.5) is 5.69 Å². The van der Waals surface area contributed by atoms with Crippen LogP contribution in [0, 0.1) is 0 Å². The zero-order valence-electron chi connectivity index (χ0n) is 11.9. The minimum Gasteiger partial charge on any atom is -0.396 e. The van der Waals surface area contributed by atoms with Crippen LogP contribution in [0.3, 0.4) is 0 Å². The predicted octanol–water partition coefficient (Wildman–Crippen LogP) is 2.71. The molecule has 1 aliphatic heterocycles. The lowest BCUT2D eigenvalue weighted by Crippen LogP contribution is -2.25. The number of fused-ring (bicyclic) bond motifs is 1. The van der Waals surface area contributed by atoms with E-state index in [0.29, 0.717) is 12.6 Å². The number of hydrogen-bond donors (Lipinski definition) is 2. The topological polar surface area (TPSA) is 35.5 Å². The van der Waals surface area contributed by atoms with Gasteiger partial charge in [-0.1, -0.05) is 25.1 Å². The summed E-state index contributed by atoms with van der Waals surface area (Å²) in [6.45, 7) is 5.67. The Morgan fingerprint density at radius 2 is 2.16 bits per heavy atom. The SMILES string of the molecule is CCNC1CCCN(CCCCO)c2ccccc21. The summed E-state index contributed by atoms with van der Waals surface area (Å²) in [5.74, 6) is 0. The first-order chi connectivity index (χ1) is 9.36. The number of aliphatic hydroxyl groups excluding tert-OH is 1. The Kier molecular flexibility index (Phi) is 5.67. The maximum absolute atomic E-state index is 8.93. The van der Waals surface area contributed by atoms with Crippen LogP contribution in [0.5, 0.6) is 0 Å². The molecule has 19 heavy (non-hydrogen) atoms. The monoisotopic (exact) mass is 262 g/mol. The van der Waals surface area contributed by atoms with Crippen LogP contribution in [-0.2, 0) is 0 Å². The van der Waals surface area contributed by atoms with Crippen molar-refractivity contribution >= 4 is 5.69 Å². The van der Waals surface area contributed by atoms with Crippen molar-refractivity contribution in [1.82, 2.24) is 5.32 Å². The van der Waals surface area contributed by atoms with Crippen LogP contribution in [0.1, 0.15) is 44.2 Å². The van der Waals surface area contributed by atoms with E-state index in [2.05, 4.69) is 41.4 Å². The van der Waals surface area contributed by atoms with Crippen LogP contribution < -0.4 is 10.2 Å². The van der Waals surface area contributed by atoms with Gasteiger partial charge in [0.05, 0.1) is 0 Å². The molecule has 1 aliphatic rings. The fourth-order valence-electron chi connectivity index (χ4n) is 2.94. The molecule has 1 aromatic carbocycles. The molecule has 0 saturated heterocycles. The van der Waals surface area contributed by atoms with Gasteiger partial charge in [-0.3, -0.25) is 0 Å². The molecule has 1 heterocycles. The first-order valence-corrected chi connectivity index (χ1v) is 7.55. The number of benzene rings is 1. The molecule has 1 atom stereocenters. The van der Waals surface area contributed by atoms with Gasteiger partial charge in [0.2, 0.25) is 0 Å². The van der Waals surface area contributed by atoms with Crippen molar-refractivity contribution in [1.29, 1.82) is 0 Å². The maximum atomic E-state index is 8.93. The summed E-state index contributed by atoms with van der Waals surface area (Å²) in [5.41, 5.74) is 2.81. The summed E-state index contributed by atoms with van der Waals surface area (Å²) in [6, 6.07) is 9.26. The molecule has 0 amide bonds. The Labute approximate surface area is 116 Å². The van der Waals surface area contributed by atoms with Crippen molar-refractivity contribution in [3.05, 3.63) is 29.8 Å². The summed E-state index contributed by atoms with van der Waals surface area (Å²) in [4.78, 5) is 2.49. The standard InChI is InChI=1S/C16H26N2O/c1-2-17-15-9-7-12-18(11-5-6-13-19)16-10-4-3-8-14(15)16/h3-4,8,10,15,17,19H,2,5-7,9,11-13H2,1H3. The second kappa shape index (κ2) is 7.51. The highest BCUT2D eigenvalue weighted by molar-refractivity contribution is 5.55. The molecule has 0 aliphatic carbocycles. The molecular weight excluding hydrogens is 236 g/mol. The Balaban J connectivity index is 2.15. The van der Waals surface area contributed by atoms with Gasteiger partial charge < -0.3 is 15.3 Å². The molecular formula is C16H26N2O. The Hall–Kier alpha value is -1.06. The summed E-state index contributed by atoms with van der Waals surface area (Å²) < 4.78 is 0. The van der Waals surface area contributed by atoms with Crippen LogP contribution in [-0.4, -0.2) is 31.3 Å². The molecule has 0 fully saturated rings. The summed E-state index contributed by atoms with van der Waals surface area (Å²) in [6.07, 6.45) is 4.40. The Morgan fingerprint density at radius 3 is 2.95 bits per heavy atom. The van der Waals surface area contributed by atoms with Gasteiger partial charge in [-0.05, 0) is 43.9 Å². The average molecular weight is 262 g/mol. The van der Waals surface area contributed by atoms with Crippen LogP contribution >= 0.6 is 0 Å². The molecule has 3 nitrogen and oxygen atoms in total. The maximum Gasteiger partial charge on any atom is 0.0431 e. The highest BCUT2D eigenvalue weighted by Crippen LogP contribution is 2.32. The van der Waals surface area contributed by atoms with Crippen molar-refractivity contribution in [3.8, 4) is 0 Å².